The summed E-state index contributed by atoms with van der Waals surface area (Å²) in [5.74, 6) is 1.18. The smallest absolute Gasteiger partial charge is 0.417 e. The zero-order chi connectivity index (χ0) is 84.9. The highest BCUT2D eigenvalue weighted by Crippen LogP contribution is 2.37. The van der Waals surface area contributed by atoms with E-state index in [1.165, 1.54) is 102 Å². The molecule has 2 unspecified atom stereocenters. The molecule has 0 saturated carbocycles. The molecule has 0 aliphatic carbocycles. The van der Waals surface area contributed by atoms with E-state index in [-0.39, 0.29) is 82.3 Å². The van der Waals surface area contributed by atoms with Gasteiger partial charge in [0, 0.05) is 69.1 Å². The largest absolute Gasteiger partial charge is 0.480 e. The van der Waals surface area contributed by atoms with Gasteiger partial charge in [-0.25, -0.2) is 39.1 Å². The Morgan fingerprint density at radius 1 is 0.412 bits per heavy atom. The topological polar surface area (TPSA) is 460 Å². The third-order valence-corrected chi connectivity index (χ3v) is 17.3. The minimum absolute atomic E-state index is 0.103. The van der Waals surface area contributed by atoms with E-state index in [0.29, 0.717) is 105 Å². The van der Waals surface area contributed by atoms with Crippen molar-refractivity contribution in [2.45, 2.75) is 79.8 Å². The molecule has 9 aromatic rings. The normalized spacial score (nSPS) is 11.1. The standard InChI is InChI=1S/3C17H18ClN5O3.C14H11N3O3.C9H13ClN2O.CH3FS/c3*1-9-15(18)14(10(2)25-3)13(8-20-9)23-17(24)22-12-5-11(6-19)16(26-4)21-7-12;1-19-13-10(8-15)7-11(9-16-13)17-14(18)20-12-5-3-2-4-6-12;1-5-9(10)8(6(2)13-3)7(11)4-12-5;1-3-2/h3*5,7-8,10H,1-4H3,(H2,22,23,24);2-7,9H,1H3,(H,17,18);4,6H,11H2,1-3H3;1H3/t2*10-;;;;/m10..../s1. The van der Waals surface area contributed by atoms with E-state index >= 15 is 0 Å². The Morgan fingerprint density at radius 3 is 0.930 bits per heavy atom. The van der Waals surface area contributed by atoms with E-state index < -0.39 is 24.2 Å². The van der Waals surface area contributed by atoms with E-state index in [9.17, 15) is 23.1 Å². The lowest BCUT2D eigenvalue weighted by atomic mass is 10.1. The number of hydrogen-bond acceptors (Lipinski definition) is 27. The van der Waals surface area contributed by atoms with Crippen LogP contribution in [0.5, 0.6) is 29.3 Å². The average molecular weight is 1660 g/mol. The molecular formula is C75H81Cl4FN20O13S. The number of nitrogens with two attached hydrogens (primary N) is 1. The van der Waals surface area contributed by atoms with Crippen LogP contribution in [0.15, 0.2) is 104 Å². The molecule has 8 heterocycles. The molecule has 9 N–H and O–H groups in total. The number of benzene rings is 1. The van der Waals surface area contributed by atoms with E-state index in [0.717, 1.165) is 11.3 Å². The number of hydrogen-bond donors (Lipinski definition) is 8. The van der Waals surface area contributed by atoms with Gasteiger partial charge in [0.15, 0.2) is 0 Å². The summed E-state index contributed by atoms with van der Waals surface area (Å²) in [6, 6.07) is 20.7. The number of nitrogen functional groups attached to an aromatic ring is 1. The number of amides is 7. The van der Waals surface area contributed by atoms with E-state index in [4.69, 9.17) is 116 Å². The Hall–Kier alpha value is -12.3. The second-order valence-electron chi connectivity index (χ2n) is 22.8. The number of halogens is 5. The fourth-order valence-electron chi connectivity index (χ4n) is 9.44. The molecule has 1 aromatic carbocycles. The van der Waals surface area contributed by atoms with E-state index in [1.807, 2.05) is 65.0 Å². The fourth-order valence-corrected chi connectivity index (χ4v) is 10.7. The Bertz CT molecular complexity index is 4650. The first-order chi connectivity index (χ1) is 54.4. The molecule has 4 atom stereocenters. The third kappa shape index (κ3) is 27.6. The number of pyridine rings is 8. The Labute approximate surface area is 681 Å². The fraction of sp³-hybridized carbons (Fsp3) is 0.280. The van der Waals surface area contributed by atoms with Gasteiger partial charge in [-0.2, -0.15) is 24.9 Å². The van der Waals surface area contributed by atoms with Gasteiger partial charge < -0.3 is 80.3 Å². The first-order valence-electron chi connectivity index (χ1n) is 33.1. The van der Waals surface area contributed by atoms with Gasteiger partial charge in [0.1, 0.15) is 52.3 Å². The number of aromatic nitrogens is 8. The highest BCUT2D eigenvalue weighted by atomic mass is 35.5. The molecule has 0 aliphatic rings. The number of carbonyl (C=O) groups excluding carboxylic acids is 4. The summed E-state index contributed by atoms with van der Waals surface area (Å²) in [6.07, 6.45) is 11.3. The highest BCUT2D eigenvalue weighted by molar-refractivity contribution is 7.93. The average Bonchev–Trinajstić information content (AvgIpc) is 0.818. The summed E-state index contributed by atoms with van der Waals surface area (Å²) in [7, 11) is 11.9. The zero-order valence-electron chi connectivity index (χ0n) is 64.7. The molecule has 9 rings (SSSR count). The maximum atomic E-state index is 12.3. The van der Waals surface area contributed by atoms with Gasteiger partial charge in [0.2, 0.25) is 23.5 Å². The van der Waals surface area contributed by atoms with Crippen LogP contribution in [0.4, 0.5) is 68.6 Å². The Morgan fingerprint density at radius 2 is 0.667 bits per heavy atom. The van der Waals surface area contributed by atoms with Crippen LogP contribution in [0.2, 0.25) is 20.1 Å². The maximum Gasteiger partial charge on any atom is 0.417 e. The summed E-state index contributed by atoms with van der Waals surface area (Å²) in [6.45, 7) is 14.5. The van der Waals surface area contributed by atoms with Gasteiger partial charge in [-0.15, -0.1) is 0 Å². The molecule has 0 fully saturated rings. The van der Waals surface area contributed by atoms with Crippen LogP contribution in [0.25, 0.3) is 0 Å². The van der Waals surface area contributed by atoms with E-state index in [1.54, 1.807) is 79.7 Å². The van der Waals surface area contributed by atoms with Crippen LogP contribution >= 0.6 is 58.6 Å². The quantitative estimate of drug-likeness (QED) is 0.0351. The Kier molecular flexibility index (Phi) is 39.5. The number of anilines is 8. The van der Waals surface area contributed by atoms with Crippen LogP contribution in [0.3, 0.4) is 0 Å². The van der Waals surface area contributed by atoms with Gasteiger partial charge in [0.25, 0.3) is 0 Å². The van der Waals surface area contributed by atoms with Crippen LogP contribution in [0, 0.1) is 73.0 Å². The van der Waals surface area contributed by atoms with Gasteiger partial charge in [-0.1, -0.05) is 64.6 Å². The van der Waals surface area contributed by atoms with Crippen molar-refractivity contribution in [3.8, 4) is 53.5 Å². The number of ether oxygens (including phenoxy) is 9. The second kappa shape index (κ2) is 47.8. The van der Waals surface area contributed by atoms with Crippen molar-refractivity contribution in [3.05, 3.63) is 192 Å². The van der Waals surface area contributed by atoms with Crippen LogP contribution in [-0.2, 0) is 18.9 Å². The predicted octanol–water partition coefficient (Wildman–Crippen LogP) is 17.1. The van der Waals surface area contributed by atoms with Crippen molar-refractivity contribution in [2.24, 2.45) is 0 Å². The minimum Gasteiger partial charge on any atom is -0.480 e. The number of nitrogens with one attached hydrogen (secondary N) is 7. The number of methoxy groups -OCH3 is 8. The first kappa shape index (κ1) is 94.1. The third-order valence-electron chi connectivity index (χ3n) is 15.4. The van der Waals surface area contributed by atoms with Crippen molar-refractivity contribution >= 4 is 128 Å². The SMILES string of the molecule is COC(C)c1c(N)cnc(C)c1Cl.COc1ncc(NC(=O)Nc2cnc(C)c(Cl)c2C(C)OC)cc1C#N.COc1ncc(NC(=O)Nc2cnc(C)c(Cl)c2[C@@H](C)OC)cc1C#N.COc1ncc(NC(=O)Nc2cnc(C)c(Cl)c2[C@H](C)OC)cc1C#N.COc1ncc(NC(=O)Oc2ccccc2)cc1C#N.CSF. The lowest BCUT2D eigenvalue weighted by Gasteiger charge is -2.18. The lowest BCUT2D eigenvalue weighted by Crippen LogP contribution is -2.21. The van der Waals surface area contributed by atoms with E-state index in [2.05, 4.69) is 77.1 Å². The maximum absolute atomic E-state index is 12.3. The summed E-state index contributed by atoms with van der Waals surface area (Å²) in [5.41, 5.74) is 15.2. The van der Waals surface area contributed by atoms with Crippen LogP contribution in [0.1, 0.15) is 119 Å². The number of carbonyl (C=O) groups is 4. The molecule has 7 amide bonds. The zero-order valence-corrected chi connectivity index (χ0v) is 68.5. The molecule has 0 aliphatic heterocycles. The number of para-hydroxylation sites is 1. The molecule has 114 heavy (non-hydrogen) atoms. The molecule has 600 valence electrons. The molecule has 0 spiro atoms. The van der Waals surface area contributed by atoms with Crippen LogP contribution in [-0.4, -0.2) is 127 Å². The minimum atomic E-state index is -0.660. The van der Waals surface area contributed by atoms with Crippen molar-refractivity contribution in [2.75, 3.05) is 106 Å². The lowest BCUT2D eigenvalue weighted by molar-refractivity contribution is 0.120. The van der Waals surface area contributed by atoms with Gasteiger partial charge >= 0.3 is 24.2 Å². The number of rotatable bonds is 20. The molecule has 0 radical (unpaired) electrons. The van der Waals surface area contributed by atoms with Crippen molar-refractivity contribution in [1.29, 1.82) is 21.0 Å². The monoisotopic (exact) mass is 1660 g/mol. The Balaban J connectivity index is 0.000000302. The summed E-state index contributed by atoms with van der Waals surface area (Å²) >= 11 is 25.2. The summed E-state index contributed by atoms with van der Waals surface area (Å²) < 4.78 is 56.2. The summed E-state index contributed by atoms with van der Waals surface area (Å²) in [4.78, 5) is 81.0. The number of nitrogens with zero attached hydrogens (tertiary/aromatic N) is 12. The predicted molar refractivity (Wildman–Crippen MR) is 433 cm³/mol. The number of nitriles is 4. The summed E-state index contributed by atoms with van der Waals surface area (Å²) in [5, 5.41) is 56.4. The molecule has 8 aromatic heterocycles. The van der Waals surface area contributed by atoms with Crippen molar-refractivity contribution in [1.82, 2.24) is 39.9 Å². The molecule has 39 heteroatoms. The molecule has 0 bridgehead atoms. The number of aryl methyl sites for hydroxylation is 4. The molecule has 33 nitrogen and oxygen atoms in total. The number of urea groups is 3. The highest BCUT2D eigenvalue weighted by Gasteiger charge is 2.24. The molecule has 0 saturated heterocycles. The first-order valence-corrected chi connectivity index (χ1v) is 35.7. The van der Waals surface area contributed by atoms with Crippen LogP contribution < -0.4 is 66.6 Å². The van der Waals surface area contributed by atoms with Gasteiger partial charge in [0.05, 0.1) is 191 Å². The van der Waals surface area contributed by atoms with Gasteiger partial charge in [-0.3, -0.25) is 25.3 Å². The molecular weight excluding hydrogens is 1580 g/mol. The second-order valence-corrected chi connectivity index (χ2v) is 24.6. The van der Waals surface area contributed by atoms with Crippen molar-refractivity contribution in [3.63, 3.8) is 0 Å². The van der Waals surface area contributed by atoms with Crippen molar-refractivity contribution < 1.29 is 65.7 Å². The van der Waals surface area contributed by atoms with Gasteiger partial charge in [-0.05, 0) is 91.8 Å².